The molecule has 0 spiro atoms. The molecule has 3 rings (SSSR count). The second-order valence-electron chi connectivity index (χ2n) is 6.96. The van der Waals surface area contributed by atoms with Crippen molar-refractivity contribution in [2.75, 3.05) is 0 Å². The molecule has 1 aromatic carbocycles. The van der Waals surface area contributed by atoms with E-state index >= 15 is 0 Å². The highest BCUT2D eigenvalue weighted by Gasteiger charge is 2.15. The lowest BCUT2D eigenvalue weighted by Gasteiger charge is -2.19. The van der Waals surface area contributed by atoms with Gasteiger partial charge in [0.15, 0.2) is 0 Å². The molecule has 0 N–H and O–H groups in total. The van der Waals surface area contributed by atoms with E-state index in [-0.39, 0.29) is 5.41 Å². The molecule has 0 bridgehead atoms. The lowest BCUT2D eigenvalue weighted by Crippen LogP contribution is -2.10. The van der Waals surface area contributed by atoms with Crippen molar-refractivity contribution in [1.82, 2.24) is 4.98 Å². The minimum Gasteiger partial charge on any atom is -0.256 e. The van der Waals surface area contributed by atoms with E-state index in [2.05, 4.69) is 74.8 Å². The number of hydrogen-bond donors (Lipinski definition) is 0. The molecule has 2 heteroatoms. The molecule has 2 heterocycles. The Labute approximate surface area is 148 Å². The Morgan fingerprint density at radius 3 is 2.42 bits per heavy atom. The molecule has 0 atom stereocenters. The van der Waals surface area contributed by atoms with E-state index in [1.54, 1.807) is 11.3 Å². The van der Waals surface area contributed by atoms with E-state index in [4.69, 9.17) is 0 Å². The highest BCUT2D eigenvalue weighted by molar-refractivity contribution is 7.20. The van der Waals surface area contributed by atoms with Crippen molar-refractivity contribution in [2.45, 2.75) is 33.1 Å². The number of aromatic nitrogens is 1. The Bertz CT molecular complexity index is 905. The number of fused-ring (bicyclic) bond motifs is 1. The van der Waals surface area contributed by atoms with E-state index in [1.165, 1.54) is 31.7 Å². The summed E-state index contributed by atoms with van der Waals surface area (Å²) in [5, 5.41) is 1.21. The first-order valence-electron chi connectivity index (χ1n) is 8.22. The summed E-state index contributed by atoms with van der Waals surface area (Å²) in [6.07, 6.45) is 5.91. The highest BCUT2D eigenvalue weighted by Crippen LogP contribution is 2.36. The standard InChI is InChI=1S/C22H23NS/c1-6-15(7-2)20-14-18-19(24-20)12-13-23-21(18)16-8-10-17(11-9-16)22(3,4)5/h6-14H,1H2,2-5H3/b15-7+. The van der Waals surface area contributed by atoms with E-state index < -0.39 is 0 Å². The van der Waals surface area contributed by atoms with Crippen LogP contribution in [0.5, 0.6) is 0 Å². The number of allylic oxidation sites excluding steroid dienone is 3. The van der Waals surface area contributed by atoms with E-state index in [9.17, 15) is 0 Å². The summed E-state index contributed by atoms with van der Waals surface area (Å²) >= 11 is 1.79. The maximum atomic E-state index is 4.65. The Hall–Kier alpha value is -2.19. The van der Waals surface area contributed by atoms with Crippen molar-refractivity contribution < 1.29 is 0 Å². The number of nitrogens with zero attached hydrogens (tertiary/aromatic N) is 1. The first-order valence-corrected chi connectivity index (χ1v) is 9.04. The second-order valence-corrected chi connectivity index (χ2v) is 8.04. The van der Waals surface area contributed by atoms with Gasteiger partial charge in [-0.25, -0.2) is 0 Å². The molecule has 0 saturated carbocycles. The normalized spacial score (nSPS) is 12.6. The molecule has 0 aliphatic rings. The molecule has 2 aromatic heterocycles. The van der Waals surface area contributed by atoms with Crippen molar-refractivity contribution in [2.24, 2.45) is 0 Å². The van der Waals surface area contributed by atoms with Gasteiger partial charge in [0.1, 0.15) is 0 Å². The first kappa shape index (κ1) is 16.7. The summed E-state index contributed by atoms with van der Waals surface area (Å²) in [6.45, 7) is 12.7. The molecule has 1 nitrogen and oxygen atoms in total. The molecule has 0 radical (unpaired) electrons. The first-order chi connectivity index (χ1) is 11.4. The molecule has 0 unspecified atom stereocenters. The van der Waals surface area contributed by atoms with Crippen LogP contribution < -0.4 is 0 Å². The zero-order valence-corrected chi connectivity index (χ0v) is 15.6. The quantitative estimate of drug-likeness (QED) is 0.478. The van der Waals surface area contributed by atoms with E-state index in [0.29, 0.717) is 0 Å². The van der Waals surface area contributed by atoms with Gasteiger partial charge in [-0.2, -0.15) is 0 Å². The van der Waals surface area contributed by atoms with Crippen molar-refractivity contribution in [3.05, 3.63) is 71.8 Å². The maximum absolute atomic E-state index is 4.65. The van der Waals surface area contributed by atoms with E-state index in [1.807, 2.05) is 19.2 Å². The second kappa shape index (κ2) is 6.37. The average Bonchev–Trinajstić information content (AvgIpc) is 2.99. The van der Waals surface area contributed by atoms with Crippen LogP contribution in [-0.2, 0) is 5.41 Å². The third-order valence-electron chi connectivity index (χ3n) is 4.29. The summed E-state index contributed by atoms with van der Waals surface area (Å²) in [6, 6.07) is 13.1. The van der Waals surface area contributed by atoms with Crippen LogP contribution in [-0.4, -0.2) is 4.98 Å². The summed E-state index contributed by atoms with van der Waals surface area (Å²) in [5.41, 5.74) is 4.89. The molecular weight excluding hydrogens is 310 g/mol. The molecule has 0 fully saturated rings. The predicted molar refractivity (Wildman–Crippen MR) is 108 cm³/mol. The van der Waals surface area contributed by atoms with Crippen LogP contribution in [0.15, 0.2) is 61.3 Å². The number of benzene rings is 1. The van der Waals surface area contributed by atoms with Gasteiger partial charge >= 0.3 is 0 Å². The fourth-order valence-corrected chi connectivity index (χ4v) is 3.95. The van der Waals surface area contributed by atoms with Crippen LogP contribution in [0.2, 0.25) is 0 Å². The highest BCUT2D eigenvalue weighted by atomic mass is 32.1. The van der Waals surface area contributed by atoms with Crippen molar-refractivity contribution in [1.29, 1.82) is 0 Å². The summed E-state index contributed by atoms with van der Waals surface area (Å²) < 4.78 is 1.26. The fourth-order valence-electron chi connectivity index (χ4n) is 2.82. The summed E-state index contributed by atoms with van der Waals surface area (Å²) in [7, 11) is 0. The minimum absolute atomic E-state index is 0.165. The van der Waals surface area contributed by atoms with Crippen LogP contribution in [0.4, 0.5) is 0 Å². The van der Waals surface area contributed by atoms with Crippen LogP contribution >= 0.6 is 11.3 Å². The number of hydrogen-bond acceptors (Lipinski definition) is 2. The van der Waals surface area contributed by atoms with Crippen LogP contribution in [0.1, 0.15) is 38.1 Å². The number of pyridine rings is 1. The SMILES string of the molecule is C=C/C(=C\C)c1cc2c(-c3ccc(C(C)(C)C)cc3)nccc2s1. The molecule has 24 heavy (non-hydrogen) atoms. The van der Waals surface area contributed by atoms with Gasteiger partial charge in [0.05, 0.1) is 5.69 Å². The van der Waals surface area contributed by atoms with Gasteiger partial charge in [0.2, 0.25) is 0 Å². The Morgan fingerprint density at radius 1 is 1.12 bits per heavy atom. The van der Waals surface area contributed by atoms with Crippen molar-refractivity contribution in [3.63, 3.8) is 0 Å². The fraction of sp³-hybridized carbons (Fsp3) is 0.227. The number of thiophene rings is 1. The topological polar surface area (TPSA) is 12.9 Å². The lowest BCUT2D eigenvalue weighted by molar-refractivity contribution is 0.590. The van der Waals surface area contributed by atoms with Gasteiger partial charge in [-0.3, -0.25) is 4.98 Å². The summed E-state index contributed by atoms with van der Waals surface area (Å²) in [5.74, 6) is 0. The lowest BCUT2D eigenvalue weighted by atomic mass is 9.86. The van der Waals surface area contributed by atoms with Gasteiger partial charge in [-0.05, 0) is 35.6 Å². The zero-order chi connectivity index (χ0) is 17.3. The largest absolute Gasteiger partial charge is 0.256 e. The van der Waals surface area contributed by atoms with Gasteiger partial charge in [0, 0.05) is 26.7 Å². The molecule has 0 amide bonds. The van der Waals surface area contributed by atoms with Gasteiger partial charge in [-0.1, -0.05) is 63.8 Å². The third kappa shape index (κ3) is 3.07. The van der Waals surface area contributed by atoms with Crippen molar-refractivity contribution >= 4 is 27.0 Å². The Morgan fingerprint density at radius 2 is 1.83 bits per heavy atom. The number of rotatable bonds is 3. The molecular formula is C22H23NS. The minimum atomic E-state index is 0.165. The Balaban J connectivity index is 2.11. The smallest absolute Gasteiger partial charge is 0.0788 e. The zero-order valence-electron chi connectivity index (χ0n) is 14.8. The van der Waals surface area contributed by atoms with Crippen LogP contribution in [0.3, 0.4) is 0 Å². The van der Waals surface area contributed by atoms with Gasteiger partial charge < -0.3 is 0 Å². The monoisotopic (exact) mass is 333 g/mol. The van der Waals surface area contributed by atoms with Gasteiger partial charge in [0.25, 0.3) is 0 Å². The molecule has 122 valence electrons. The molecule has 0 aliphatic carbocycles. The predicted octanol–water partition coefficient (Wildman–Crippen LogP) is 6.85. The van der Waals surface area contributed by atoms with Crippen LogP contribution in [0.25, 0.3) is 26.9 Å². The maximum Gasteiger partial charge on any atom is 0.0788 e. The molecule has 0 saturated heterocycles. The Kier molecular flexibility index (Phi) is 4.42. The molecule has 0 aliphatic heterocycles. The summed E-state index contributed by atoms with van der Waals surface area (Å²) in [4.78, 5) is 5.89. The van der Waals surface area contributed by atoms with Crippen molar-refractivity contribution in [3.8, 4) is 11.3 Å². The average molecular weight is 334 g/mol. The molecule has 3 aromatic rings. The van der Waals surface area contributed by atoms with E-state index in [0.717, 1.165) is 5.69 Å². The van der Waals surface area contributed by atoms with Gasteiger partial charge in [-0.15, -0.1) is 11.3 Å². The third-order valence-corrected chi connectivity index (χ3v) is 5.43. The van der Waals surface area contributed by atoms with Crippen LogP contribution in [0, 0.1) is 0 Å².